The molecule has 1 saturated heterocycles. The van der Waals surface area contributed by atoms with Crippen LogP contribution in [-0.2, 0) is 19.4 Å². The minimum Gasteiger partial charge on any atom is -0.381 e. The monoisotopic (exact) mass is 428 g/mol. The number of nitrogens with one attached hydrogen (secondary N) is 2. The summed E-state index contributed by atoms with van der Waals surface area (Å²) in [6, 6.07) is 4.89. The Balaban J connectivity index is 1.88. The molecule has 1 amide bonds. The number of halogens is 1. The summed E-state index contributed by atoms with van der Waals surface area (Å²) in [5.74, 6) is -0.359. The number of amides is 1. The van der Waals surface area contributed by atoms with Crippen LogP contribution in [-0.4, -0.2) is 45.5 Å². The van der Waals surface area contributed by atoms with E-state index >= 15 is 0 Å². The third-order valence-corrected chi connectivity index (χ3v) is 9.01. The lowest BCUT2D eigenvalue weighted by molar-refractivity contribution is -0.128. The van der Waals surface area contributed by atoms with Crippen LogP contribution in [0.5, 0.6) is 0 Å². The van der Waals surface area contributed by atoms with Crippen molar-refractivity contribution in [3.8, 4) is 0 Å². The number of ether oxygens (including phenoxy) is 1. The maximum atomic E-state index is 13.7. The van der Waals surface area contributed by atoms with Crippen molar-refractivity contribution >= 4 is 27.3 Å². The molecule has 1 saturated carbocycles. The van der Waals surface area contributed by atoms with Crippen molar-refractivity contribution in [1.82, 2.24) is 10.6 Å². The number of rotatable bonds is 5. The highest BCUT2D eigenvalue weighted by Crippen LogP contribution is 2.35. The van der Waals surface area contributed by atoms with Gasteiger partial charge in [-0.05, 0) is 69.7 Å². The van der Waals surface area contributed by atoms with Crippen LogP contribution < -0.4 is 10.6 Å². The van der Waals surface area contributed by atoms with Crippen molar-refractivity contribution in [3.63, 3.8) is 0 Å². The van der Waals surface area contributed by atoms with E-state index in [4.69, 9.17) is 16.3 Å². The smallest absolute Gasteiger partial charge is 0.224 e. The van der Waals surface area contributed by atoms with Crippen LogP contribution >= 0.6 is 11.6 Å². The van der Waals surface area contributed by atoms with Gasteiger partial charge in [0.05, 0.1) is 11.0 Å². The van der Waals surface area contributed by atoms with E-state index in [0.29, 0.717) is 36.3 Å². The minimum atomic E-state index is -3.83. The van der Waals surface area contributed by atoms with E-state index < -0.39 is 14.7 Å². The molecule has 1 aliphatic heterocycles. The highest BCUT2D eigenvalue weighted by Gasteiger charge is 2.48. The Kier molecular flexibility index (Phi) is 6.69. The van der Waals surface area contributed by atoms with Crippen molar-refractivity contribution in [2.45, 2.75) is 61.3 Å². The molecule has 1 heterocycles. The molecule has 8 heteroatoms. The zero-order chi connectivity index (χ0) is 20.4. The summed E-state index contributed by atoms with van der Waals surface area (Å²) in [4.78, 5) is 11.9. The van der Waals surface area contributed by atoms with Crippen molar-refractivity contribution in [1.29, 1.82) is 0 Å². The Hall–Kier alpha value is -1.15. The quantitative estimate of drug-likeness (QED) is 0.753. The lowest BCUT2D eigenvalue weighted by Crippen LogP contribution is -2.63. The summed E-state index contributed by atoms with van der Waals surface area (Å²) in [5, 5.41) is 6.52. The fourth-order valence-corrected chi connectivity index (χ4v) is 6.62. The first kappa shape index (κ1) is 21.6. The zero-order valence-corrected chi connectivity index (χ0v) is 18.0. The lowest BCUT2D eigenvalue weighted by Gasteiger charge is -2.39. The molecule has 3 rings (SSSR count). The maximum absolute atomic E-state index is 13.7. The van der Waals surface area contributed by atoms with Crippen LogP contribution in [0.15, 0.2) is 23.1 Å². The average Bonchev–Trinajstić information content (AvgIpc) is 2.70. The van der Waals surface area contributed by atoms with Gasteiger partial charge < -0.3 is 15.4 Å². The molecule has 2 fully saturated rings. The Bertz CT molecular complexity index is 813. The largest absolute Gasteiger partial charge is 0.381 e. The number of carbonyl (C=O) groups is 1. The van der Waals surface area contributed by atoms with E-state index in [9.17, 15) is 13.2 Å². The fraction of sp³-hybridized carbons (Fsp3) is 0.650. The molecule has 0 unspecified atom stereocenters. The number of piperidine rings is 1. The number of carbonyl (C=O) groups excluding carboxylic acids is 1. The molecule has 0 spiro atoms. The molecule has 1 atom stereocenters. The second kappa shape index (κ2) is 8.69. The van der Waals surface area contributed by atoms with Gasteiger partial charge in [-0.15, -0.1) is 0 Å². The molecule has 2 aliphatic rings. The standard InChI is InChI=1S/C20H29ClN2O4S/c1-14-17(21)5-3-6-18(14)28(25,26)20(11-4-12-22-13-20)23-19(24)15-7-9-16(27-2)10-8-15/h3,5-6,15-16,22H,4,7-13H2,1-2H3,(H,23,24)/t15?,16?,20-/m0/s1. The zero-order valence-electron chi connectivity index (χ0n) is 16.5. The molecular formula is C20H29ClN2O4S. The summed E-state index contributed by atoms with van der Waals surface area (Å²) in [6.45, 7) is 2.63. The van der Waals surface area contributed by atoms with E-state index in [1.165, 1.54) is 0 Å². The third kappa shape index (κ3) is 4.08. The Morgan fingerprint density at radius 2 is 2.00 bits per heavy atom. The number of benzene rings is 1. The summed E-state index contributed by atoms with van der Waals surface area (Å²) in [6.07, 6.45) is 4.31. The maximum Gasteiger partial charge on any atom is 0.224 e. The molecular weight excluding hydrogens is 400 g/mol. The van der Waals surface area contributed by atoms with E-state index in [-0.39, 0.29) is 29.4 Å². The molecule has 1 aromatic carbocycles. The van der Waals surface area contributed by atoms with Gasteiger partial charge in [0.15, 0.2) is 4.87 Å². The van der Waals surface area contributed by atoms with Gasteiger partial charge in [0, 0.05) is 24.6 Å². The van der Waals surface area contributed by atoms with E-state index in [1.807, 2.05) is 0 Å². The van der Waals surface area contributed by atoms with E-state index in [0.717, 1.165) is 19.4 Å². The molecule has 156 valence electrons. The molecule has 1 aromatic rings. The number of sulfone groups is 1. The minimum absolute atomic E-state index is 0.179. The second-order valence-electron chi connectivity index (χ2n) is 7.84. The van der Waals surface area contributed by atoms with E-state index in [2.05, 4.69) is 10.6 Å². The van der Waals surface area contributed by atoms with Gasteiger partial charge in [0.1, 0.15) is 0 Å². The topological polar surface area (TPSA) is 84.5 Å². The van der Waals surface area contributed by atoms with Crippen molar-refractivity contribution < 1.29 is 17.9 Å². The molecule has 6 nitrogen and oxygen atoms in total. The summed E-state index contributed by atoms with van der Waals surface area (Å²) in [7, 11) is -2.14. The average molecular weight is 429 g/mol. The van der Waals surface area contributed by atoms with Gasteiger partial charge in [-0.1, -0.05) is 17.7 Å². The van der Waals surface area contributed by atoms with E-state index in [1.54, 1.807) is 32.2 Å². The van der Waals surface area contributed by atoms with Crippen molar-refractivity contribution in [2.24, 2.45) is 5.92 Å². The molecule has 0 bridgehead atoms. The first-order valence-corrected chi connectivity index (χ1v) is 11.7. The Morgan fingerprint density at radius 3 is 2.61 bits per heavy atom. The van der Waals surface area contributed by atoms with Crippen LogP contribution in [0.4, 0.5) is 0 Å². The van der Waals surface area contributed by atoms with Gasteiger partial charge >= 0.3 is 0 Å². The Labute approximate surface area is 172 Å². The van der Waals surface area contributed by atoms with Crippen LogP contribution in [0.3, 0.4) is 0 Å². The first-order valence-electron chi connectivity index (χ1n) is 9.86. The van der Waals surface area contributed by atoms with Gasteiger partial charge in [-0.2, -0.15) is 0 Å². The number of methoxy groups -OCH3 is 1. The molecule has 28 heavy (non-hydrogen) atoms. The van der Waals surface area contributed by atoms with Crippen molar-refractivity contribution in [3.05, 3.63) is 28.8 Å². The van der Waals surface area contributed by atoms with Crippen LogP contribution in [0, 0.1) is 12.8 Å². The van der Waals surface area contributed by atoms with Gasteiger partial charge in [0.25, 0.3) is 0 Å². The normalized spacial score (nSPS) is 28.7. The highest BCUT2D eigenvalue weighted by atomic mass is 35.5. The highest BCUT2D eigenvalue weighted by molar-refractivity contribution is 7.93. The third-order valence-electron chi connectivity index (χ3n) is 6.10. The predicted octanol–water partition coefficient (Wildman–Crippen LogP) is 2.82. The SMILES string of the molecule is COC1CCC(C(=O)N[C@]2(S(=O)(=O)c3cccc(Cl)c3C)CCCNC2)CC1. The van der Waals surface area contributed by atoms with Crippen molar-refractivity contribution in [2.75, 3.05) is 20.2 Å². The molecule has 2 N–H and O–H groups in total. The summed E-state index contributed by atoms with van der Waals surface area (Å²) < 4.78 is 32.7. The lowest BCUT2D eigenvalue weighted by atomic mass is 9.86. The molecule has 0 aromatic heterocycles. The van der Waals surface area contributed by atoms with Crippen LogP contribution in [0.1, 0.15) is 44.1 Å². The Morgan fingerprint density at radius 1 is 1.29 bits per heavy atom. The fourth-order valence-electron chi connectivity index (χ4n) is 4.26. The van der Waals surface area contributed by atoms with Gasteiger partial charge in [-0.25, -0.2) is 8.42 Å². The van der Waals surface area contributed by atoms with Gasteiger partial charge in [-0.3, -0.25) is 4.79 Å². The summed E-state index contributed by atoms with van der Waals surface area (Å²) >= 11 is 6.18. The summed E-state index contributed by atoms with van der Waals surface area (Å²) in [5.41, 5.74) is 0.518. The molecule has 1 aliphatic carbocycles. The number of hydrogen-bond donors (Lipinski definition) is 2. The number of hydrogen-bond acceptors (Lipinski definition) is 5. The molecule has 0 radical (unpaired) electrons. The van der Waals surface area contributed by atoms with Crippen LogP contribution in [0.25, 0.3) is 0 Å². The first-order chi connectivity index (χ1) is 13.3. The second-order valence-corrected chi connectivity index (χ2v) is 10.5. The van der Waals surface area contributed by atoms with Gasteiger partial charge in [0.2, 0.25) is 15.7 Å². The predicted molar refractivity (Wildman–Crippen MR) is 109 cm³/mol. The van der Waals surface area contributed by atoms with Crippen LogP contribution in [0.2, 0.25) is 5.02 Å².